The lowest BCUT2D eigenvalue weighted by Gasteiger charge is -2.27. The van der Waals surface area contributed by atoms with Gasteiger partial charge in [0, 0.05) is 45.7 Å². The van der Waals surface area contributed by atoms with Crippen LogP contribution in [0.2, 0.25) is 0 Å². The molecule has 1 aliphatic rings. The van der Waals surface area contributed by atoms with Gasteiger partial charge in [-0.05, 0) is 24.4 Å². The van der Waals surface area contributed by atoms with E-state index in [1.165, 1.54) is 11.3 Å². The average molecular weight is 324 g/mol. The van der Waals surface area contributed by atoms with E-state index in [1.54, 1.807) is 6.07 Å². The highest BCUT2D eigenvalue weighted by molar-refractivity contribution is 7.12. The van der Waals surface area contributed by atoms with Crippen molar-refractivity contribution in [1.82, 2.24) is 20.9 Å². The number of piperazine rings is 1. The Kier molecular flexibility index (Phi) is 7.35. The highest BCUT2D eigenvalue weighted by Crippen LogP contribution is 2.07. The van der Waals surface area contributed by atoms with Gasteiger partial charge in [-0.3, -0.25) is 9.59 Å². The molecule has 3 N–H and O–H groups in total. The van der Waals surface area contributed by atoms with E-state index < -0.39 is 0 Å². The molecule has 0 aromatic carbocycles. The van der Waals surface area contributed by atoms with Crippen molar-refractivity contribution in [1.29, 1.82) is 0 Å². The molecule has 0 atom stereocenters. The largest absolute Gasteiger partial charge is 0.356 e. The second kappa shape index (κ2) is 9.55. The number of rotatable bonds is 8. The minimum atomic E-state index is -0.110. The van der Waals surface area contributed by atoms with E-state index in [-0.39, 0.29) is 11.8 Å². The molecule has 0 spiro atoms. The molecule has 7 heteroatoms. The lowest BCUT2D eigenvalue weighted by molar-refractivity contribution is -0.120. The minimum absolute atomic E-state index is 0.00760. The zero-order chi connectivity index (χ0) is 15.6. The number of carbonyl (C=O) groups excluding carboxylic acids is 2. The number of carbonyl (C=O) groups is 2. The van der Waals surface area contributed by atoms with Crippen molar-refractivity contribution in [2.45, 2.75) is 12.8 Å². The fraction of sp³-hybridized carbons (Fsp3) is 0.600. The Morgan fingerprint density at radius 2 is 2.05 bits per heavy atom. The molecule has 22 heavy (non-hydrogen) atoms. The molecule has 1 aliphatic heterocycles. The molecule has 0 saturated carbocycles. The van der Waals surface area contributed by atoms with Gasteiger partial charge in [0.05, 0.1) is 4.88 Å². The first-order chi connectivity index (χ1) is 10.8. The van der Waals surface area contributed by atoms with Gasteiger partial charge in [-0.25, -0.2) is 0 Å². The molecule has 0 aliphatic carbocycles. The van der Waals surface area contributed by atoms with E-state index in [4.69, 9.17) is 0 Å². The molecular weight excluding hydrogens is 300 g/mol. The van der Waals surface area contributed by atoms with Gasteiger partial charge in [-0.1, -0.05) is 6.07 Å². The van der Waals surface area contributed by atoms with Crippen LogP contribution in [0.1, 0.15) is 22.5 Å². The number of amides is 2. The van der Waals surface area contributed by atoms with Crippen LogP contribution in [0.4, 0.5) is 0 Å². The van der Waals surface area contributed by atoms with Gasteiger partial charge < -0.3 is 20.9 Å². The van der Waals surface area contributed by atoms with Crippen molar-refractivity contribution in [3.8, 4) is 0 Å². The van der Waals surface area contributed by atoms with Crippen LogP contribution >= 0.6 is 11.3 Å². The quantitative estimate of drug-likeness (QED) is 0.601. The van der Waals surface area contributed by atoms with Gasteiger partial charge in [0.15, 0.2) is 0 Å². The van der Waals surface area contributed by atoms with Crippen LogP contribution in [0.25, 0.3) is 0 Å². The Balaban J connectivity index is 1.48. The van der Waals surface area contributed by atoms with Gasteiger partial charge in [0.25, 0.3) is 5.91 Å². The Bertz CT molecular complexity index is 458. The number of hydrogen-bond acceptors (Lipinski definition) is 5. The second-order valence-electron chi connectivity index (χ2n) is 5.28. The van der Waals surface area contributed by atoms with E-state index in [2.05, 4.69) is 20.9 Å². The van der Waals surface area contributed by atoms with Gasteiger partial charge in [-0.15, -0.1) is 11.3 Å². The first-order valence-corrected chi connectivity index (χ1v) is 8.65. The SMILES string of the molecule is O=C(CCNC(=O)c1cccs1)NCCCN1CCNCC1. The van der Waals surface area contributed by atoms with Crippen LogP contribution in [0.15, 0.2) is 17.5 Å². The van der Waals surface area contributed by atoms with E-state index in [0.29, 0.717) is 24.4 Å². The summed E-state index contributed by atoms with van der Waals surface area (Å²) in [6.07, 6.45) is 1.29. The second-order valence-corrected chi connectivity index (χ2v) is 6.23. The Morgan fingerprint density at radius 1 is 1.23 bits per heavy atom. The predicted octanol–water partition coefficient (Wildman–Crippen LogP) is 0.280. The van der Waals surface area contributed by atoms with Crippen LogP contribution < -0.4 is 16.0 Å². The Morgan fingerprint density at radius 3 is 2.77 bits per heavy atom. The molecular formula is C15H24N4O2S. The average Bonchev–Trinajstić information content (AvgIpc) is 3.07. The summed E-state index contributed by atoms with van der Waals surface area (Å²) >= 11 is 1.40. The van der Waals surface area contributed by atoms with Gasteiger partial charge in [0.1, 0.15) is 0 Å². The summed E-state index contributed by atoms with van der Waals surface area (Å²) in [7, 11) is 0. The molecule has 2 heterocycles. The molecule has 0 radical (unpaired) electrons. The van der Waals surface area contributed by atoms with Crippen molar-refractivity contribution >= 4 is 23.2 Å². The van der Waals surface area contributed by atoms with Crippen molar-refractivity contribution in [3.63, 3.8) is 0 Å². The number of nitrogens with one attached hydrogen (secondary N) is 3. The molecule has 1 saturated heterocycles. The summed E-state index contributed by atoms with van der Waals surface area (Å²) in [6, 6.07) is 3.61. The third-order valence-corrected chi connectivity index (χ3v) is 4.43. The summed E-state index contributed by atoms with van der Waals surface area (Å²) in [5.41, 5.74) is 0. The van der Waals surface area contributed by atoms with Crippen LogP contribution in [0.5, 0.6) is 0 Å². The fourth-order valence-electron chi connectivity index (χ4n) is 2.34. The highest BCUT2D eigenvalue weighted by atomic mass is 32.1. The molecule has 2 amide bonds. The molecule has 1 aromatic heterocycles. The van der Waals surface area contributed by atoms with E-state index in [0.717, 1.165) is 39.1 Å². The monoisotopic (exact) mass is 324 g/mol. The third kappa shape index (κ3) is 6.13. The van der Waals surface area contributed by atoms with Crippen LogP contribution in [0.3, 0.4) is 0 Å². The lowest BCUT2D eigenvalue weighted by Crippen LogP contribution is -2.44. The number of thiophene rings is 1. The fourth-order valence-corrected chi connectivity index (χ4v) is 2.98. The van der Waals surface area contributed by atoms with E-state index >= 15 is 0 Å². The van der Waals surface area contributed by atoms with Crippen molar-refractivity contribution < 1.29 is 9.59 Å². The minimum Gasteiger partial charge on any atom is -0.356 e. The summed E-state index contributed by atoms with van der Waals surface area (Å²) in [6.45, 7) is 6.37. The first kappa shape index (κ1) is 16.9. The standard InChI is InChI=1S/C15H24N4O2S/c20-14(4-6-18-15(21)13-3-1-12-22-13)17-5-2-9-19-10-7-16-8-11-19/h1,3,12,16H,2,4-11H2,(H,17,20)(H,18,21). The Labute approximate surface area is 135 Å². The maximum Gasteiger partial charge on any atom is 0.261 e. The first-order valence-electron chi connectivity index (χ1n) is 7.77. The maximum atomic E-state index is 11.7. The molecule has 1 aromatic rings. The topological polar surface area (TPSA) is 73.5 Å². The molecule has 2 rings (SSSR count). The van der Waals surface area contributed by atoms with Crippen molar-refractivity contribution in [2.24, 2.45) is 0 Å². The van der Waals surface area contributed by atoms with Crippen LogP contribution in [-0.2, 0) is 4.79 Å². The van der Waals surface area contributed by atoms with Crippen LogP contribution in [0, 0.1) is 0 Å². The lowest BCUT2D eigenvalue weighted by atomic mass is 10.3. The van der Waals surface area contributed by atoms with Crippen molar-refractivity contribution in [3.05, 3.63) is 22.4 Å². The Hall–Kier alpha value is -1.44. The summed E-state index contributed by atoms with van der Waals surface area (Å²) in [5.74, 6) is -0.117. The maximum absolute atomic E-state index is 11.7. The molecule has 122 valence electrons. The van der Waals surface area contributed by atoms with E-state index in [9.17, 15) is 9.59 Å². The summed E-state index contributed by atoms with van der Waals surface area (Å²) in [4.78, 5) is 26.4. The third-order valence-electron chi connectivity index (χ3n) is 3.57. The molecule has 0 bridgehead atoms. The summed E-state index contributed by atoms with van der Waals surface area (Å²) < 4.78 is 0. The number of nitrogens with zero attached hydrogens (tertiary/aromatic N) is 1. The molecule has 0 unspecified atom stereocenters. The van der Waals surface area contributed by atoms with Crippen LogP contribution in [-0.4, -0.2) is 62.5 Å². The molecule has 1 fully saturated rings. The normalized spacial score (nSPS) is 15.5. The highest BCUT2D eigenvalue weighted by Gasteiger charge is 2.09. The zero-order valence-electron chi connectivity index (χ0n) is 12.8. The van der Waals surface area contributed by atoms with Gasteiger partial charge in [-0.2, -0.15) is 0 Å². The van der Waals surface area contributed by atoms with Gasteiger partial charge in [0.2, 0.25) is 5.91 Å². The van der Waals surface area contributed by atoms with Crippen molar-refractivity contribution in [2.75, 3.05) is 45.8 Å². The number of hydrogen-bond donors (Lipinski definition) is 3. The summed E-state index contributed by atoms with van der Waals surface area (Å²) in [5, 5.41) is 10.8. The van der Waals surface area contributed by atoms with E-state index in [1.807, 2.05) is 11.4 Å². The zero-order valence-corrected chi connectivity index (χ0v) is 13.6. The predicted molar refractivity (Wildman–Crippen MR) is 88.2 cm³/mol. The van der Waals surface area contributed by atoms with Gasteiger partial charge >= 0.3 is 0 Å². The molecule has 6 nitrogen and oxygen atoms in total. The smallest absolute Gasteiger partial charge is 0.261 e.